The molecule has 16 heavy (non-hydrogen) atoms. The molecule has 1 nitrogen and oxygen atoms in total. The van der Waals surface area contributed by atoms with Crippen LogP contribution in [0.1, 0.15) is 11.1 Å². The van der Waals surface area contributed by atoms with Crippen LogP contribution in [0.3, 0.4) is 0 Å². The fourth-order valence-electron chi connectivity index (χ4n) is 1.74. The Hall–Kier alpha value is -0.120. The highest BCUT2D eigenvalue weighted by Gasteiger charge is 2.13. The van der Waals surface area contributed by atoms with Crippen molar-refractivity contribution in [1.29, 1.82) is 0 Å². The summed E-state index contributed by atoms with van der Waals surface area (Å²) in [5, 5.41) is 4.37. The Kier molecular flexibility index (Phi) is 5.07. The van der Waals surface area contributed by atoms with E-state index in [1.165, 1.54) is 28.4 Å². The van der Waals surface area contributed by atoms with E-state index in [0.29, 0.717) is 0 Å². The van der Waals surface area contributed by atoms with E-state index in [1.54, 1.807) is 0 Å². The van der Waals surface area contributed by atoms with E-state index >= 15 is 0 Å². The molecule has 1 fully saturated rings. The molecule has 1 heterocycles. The van der Waals surface area contributed by atoms with Gasteiger partial charge in [0, 0.05) is 35.6 Å². The molecule has 88 valence electrons. The van der Waals surface area contributed by atoms with E-state index in [2.05, 4.69) is 60.0 Å². The van der Waals surface area contributed by atoms with Crippen molar-refractivity contribution in [3.63, 3.8) is 0 Å². The van der Waals surface area contributed by atoms with E-state index in [0.717, 1.165) is 18.3 Å². The molecule has 1 aromatic rings. The Morgan fingerprint density at radius 2 is 2.06 bits per heavy atom. The van der Waals surface area contributed by atoms with Crippen LogP contribution in [0, 0.1) is 6.92 Å². The number of nitrogens with one attached hydrogen (secondary N) is 1. The van der Waals surface area contributed by atoms with Gasteiger partial charge in [-0.05, 0) is 12.5 Å². The molecule has 0 radical (unpaired) electrons. The average Bonchev–Trinajstić information content (AvgIpc) is 2.33. The van der Waals surface area contributed by atoms with E-state index in [9.17, 15) is 0 Å². The van der Waals surface area contributed by atoms with Crippen LogP contribution >= 0.6 is 23.5 Å². The Morgan fingerprint density at radius 3 is 2.75 bits per heavy atom. The van der Waals surface area contributed by atoms with Crippen LogP contribution in [0.2, 0.25) is 0 Å². The van der Waals surface area contributed by atoms with Crippen LogP contribution in [-0.4, -0.2) is 29.1 Å². The van der Waals surface area contributed by atoms with Crippen molar-refractivity contribution in [2.24, 2.45) is 0 Å². The molecule has 1 aliphatic heterocycles. The smallest absolute Gasteiger partial charge is 0.0263 e. The molecular formula is C13H19NS2. The molecule has 0 aliphatic carbocycles. The second kappa shape index (κ2) is 6.58. The maximum atomic E-state index is 3.56. The first-order chi connectivity index (χ1) is 7.84. The highest BCUT2D eigenvalue weighted by Crippen LogP contribution is 2.23. The van der Waals surface area contributed by atoms with Crippen LogP contribution in [-0.2, 0) is 6.54 Å². The number of thioether (sulfide) groups is 2. The summed E-state index contributed by atoms with van der Waals surface area (Å²) in [7, 11) is 0. The number of benzene rings is 1. The zero-order valence-corrected chi connectivity index (χ0v) is 11.4. The first-order valence-electron chi connectivity index (χ1n) is 5.80. The van der Waals surface area contributed by atoms with Gasteiger partial charge in [0.25, 0.3) is 0 Å². The van der Waals surface area contributed by atoms with Gasteiger partial charge in [-0.15, -0.1) is 0 Å². The Bertz CT molecular complexity index is 304. The molecule has 0 amide bonds. The van der Waals surface area contributed by atoms with E-state index < -0.39 is 0 Å². The topological polar surface area (TPSA) is 12.0 Å². The minimum atomic E-state index is 0.809. The second-order valence-electron chi connectivity index (χ2n) is 4.18. The molecule has 1 saturated heterocycles. The van der Waals surface area contributed by atoms with Gasteiger partial charge in [0.1, 0.15) is 0 Å². The molecular weight excluding hydrogens is 234 g/mol. The first-order valence-corrected chi connectivity index (χ1v) is 8.00. The van der Waals surface area contributed by atoms with Gasteiger partial charge < -0.3 is 5.32 Å². The van der Waals surface area contributed by atoms with Gasteiger partial charge in [-0.1, -0.05) is 29.8 Å². The van der Waals surface area contributed by atoms with Crippen molar-refractivity contribution in [2.75, 3.05) is 23.8 Å². The van der Waals surface area contributed by atoms with Crippen LogP contribution in [0.4, 0.5) is 0 Å². The van der Waals surface area contributed by atoms with Crippen molar-refractivity contribution in [3.8, 4) is 0 Å². The van der Waals surface area contributed by atoms with Crippen molar-refractivity contribution >= 4 is 23.5 Å². The van der Waals surface area contributed by atoms with Crippen molar-refractivity contribution < 1.29 is 0 Å². The number of rotatable bonds is 4. The monoisotopic (exact) mass is 253 g/mol. The second-order valence-corrected chi connectivity index (χ2v) is 6.74. The Morgan fingerprint density at radius 1 is 1.25 bits per heavy atom. The van der Waals surface area contributed by atoms with Gasteiger partial charge in [0.15, 0.2) is 0 Å². The molecule has 0 spiro atoms. The molecule has 3 heteroatoms. The van der Waals surface area contributed by atoms with Gasteiger partial charge >= 0.3 is 0 Å². The van der Waals surface area contributed by atoms with Gasteiger partial charge in [-0.2, -0.15) is 23.5 Å². The largest absolute Gasteiger partial charge is 0.312 e. The van der Waals surface area contributed by atoms with Gasteiger partial charge in [-0.25, -0.2) is 0 Å². The number of hydrogen-bond donors (Lipinski definition) is 1. The summed E-state index contributed by atoms with van der Waals surface area (Å²) in [6, 6.07) is 8.79. The zero-order chi connectivity index (χ0) is 11.2. The molecule has 1 aliphatic rings. The summed E-state index contributed by atoms with van der Waals surface area (Å²) in [4.78, 5) is 0. The van der Waals surface area contributed by atoms with Crippen LogP contribution in [0.25, 0.3) is 0 Å². The molecule has 1 N–H and O–H groups in total. The Balaban J connectivity index is 1.69. The molecule has 0 bridgehead atoms. The minimum Gasteiger partial charge on any atom is -0.312 e. The standard InChI is InChI=1S/C13H19NS2/c1-11-2-4-12(5-3-11)8-14-9-13-10-15-6-7-16-13/h2-5,13-14H,6-10H2,1H3. The summed E-state index contributed by atoms with van der Waals surface area (Å²) in [5.41, 5.74) is 2.72. The summed E-state index contributed by atoms with van der Waals surface area (Å²) in [5.74, 6) is 3.96. The van der Waals surface area contributed by atoms with Gasteiger partial charge in [-0.3, -0.25) is 0 Å². The minimum absolute atomic E-state index is 0.809. The van der Waals surface area contributed by atoms with Gasteiger partial charge in [0.2, 0.25) is 0 Å². The maximum absolute atomic E-state index is 3.56. The van der Waals surface area contributed by atoms with Crippen molar-refractivity contribution in [1.82, 2.24) is 5.32 Å². The lowest BCUT2D eigenvalue weighted by molar-refractivity contribution is 0.686. The fraction of sp³-hybridized carbons (Fsp3) is 0.538. The number of hydrogen-bond acceptors (Lipinski definition) is 3. The molecule has 1 unspecified atom stereocenters. The van der Waals surface area contributed by atoms with Crippen LogP contribution in [0.15, 0.2) is 24.3 Å². The van der Waals surface area contributed by atoms with Crippen molar-refractivity contribution in [2.45, 2.75) is 18.7 Å². The summed E-state index contributed by atoms with van der Waals surface area (Å²) < 4.78 is 0. The number of aryl methyl sites for hydroxylation is 1. The molecule has 2 rings (SSSR count). The predicted octanol–water partition coefficient (Wildman–Crippen LogP) is 2.93. The van der Waals surface area contributed by atoms with E-state index in [1.807, 2.05) is 0 Å². The summed E-state index contributed by atoms with van der Waals surface area (Å²) in [6.07, 6.45) is 0. The predicted molar refractivity (Wildman–Crippen MR) is 76.5 cm³/mol. The lowest BCUT2D eigenvalue weighted by Gasteiger charge is -2.21. The lowest BCUT2D eigenvalue weighted by atomic mass is 10.1. The first kappa shape index (κ1) is 12.3. The highest BCUT2D eigenvalue weighted by molar-refractivity contribution is 8.06. The summed E-state index contributed by atoms with van der Waals surface area (Å²) in [6.45, 7) is 4.28. The maximum Gasteiger partial charge on any atom is 0.0263 e. The van der Waals surface area contributed by atoms with Crippen molar-refractivity contribution in [3.05, 3.63) is 35.4 Å². The highest BCUT2D eigenvalue weighted by atomic mass is 32.2. The summed E-state index contributed by atoms with van der Waals surface area (Å²) >= 11 is 4.21. The normalized spacial score (nSPS) is 20.9. The van der Waals surface area contributed by atoms with Crippen LogP contribution < -0.4 is 5.32 Å². The fourth-order valence-corrected chi connectivity index (χ4v) is 4.38. The van der Waals surface area contributed by atoms with E-state index in [4.69, 9.17) is 0 Å². The van der Waals surface area contributed by atoms with Crippen LogP contribution in [0.5, 0.6) is 0 Å². The third kappa shape index (κ3) is 4.04. The third-order valence-electron chi connectivity index (χ3n) is 2.71. The lowest BCUT2D eigenvalue weighted by Crippen LogP contribution is -2.28. The zero-order valence-electron chi connectivity index (χ0n) is 9.74. The molecule has 0 saturated carbocycles. The quantitative estimate of drug-likeness (QED) is 0.886. The SMILES string of the molecule is Cc1ccc(CNCC2CSCCS2)cc1. The Labute approximate surface area is 107 Å². The van der Waals surface area contributed by atoms with E-state index in [-0.39, 0.29) is 0 Å². The molecule has 1 aromatic carbocycles. The molecule has 1 atom stereocenters. The third-order valence-corrected chi connectivity index (χ3v) is 5.55. The van der Waals surface area contributed by atoms with Gasteiger partial charge in [0.05, 0.1) is 0 Å². The molecule has 0 aromatic heterocycles. The average molecular weight is 253 g/mol.